The topological polar surface area (TPSA) is 3.88 Å². The van der Waals surface area contributed by atoms with Gasteiger partial charge in [-0.2, -0.15) is 0 Å². The molecule has 0 amide bonds. The molecule has 3 aromatic heterocycles. The second kappa shape index (κ2) is 5.59. The minimum Gasteiger partial charge on any atom is -0.200 e. The van der Waals surface area contributed by atoms with E-state index in [0.29, 0.717) is 0 Å². The quantitative estimate of drug-likeness (QED) is 0.232. The Morgan fingerprint density at radius 2 is 1.68 bits per heavy atom. The summed E-state index contributed by atoms with van der Waals surface area (Å²) in [5.74, 6) is 0. The first-order chi connectivity index (χ1) is 13.5. The lowest BCUT2D eigenvalue weighted by Gasteiger charge is -2.22. The van der Waals surface area contributed by atoms with Crippen molar-refractivity contribution >= 4 is 64.7 Å². The van der Waals surface area contributed by atoms with Crippen molar-refractivity contribution in [3.8, 4) is 11.3 Å². The summed E-state index contributed by atoms with van der Waals surface area (Å²) in [7, 11) is 2.19. The predicted molar refractivity (Wildman–Crippen MR) is 124 cm³/mol. The van der Waals surface area contributed by atoms with E-state index in [4.69, 9.17) is 0 Å². The van der Waals surface area contributed by atoms with Gasteiger partial charge in [-0.1, -0.05) is 17.8 Å². The molecule has 0 saturated heterocycles. The average molecular weight is 419 g/mol. The number of rotatable bonds is 0. The van der Waals surface area contributed by atoms with Crippen molar-refractivity contribution in [1.82, 2.24) is 0 Å². The van der Waals surface area contributed by atoms with Crippen LogP contribution in [0.3, 0.4) is 0 Å². The fraction of sp³-hybridized carbons (Fsp3) is 0.208. The molecule has 1 aliphatic rings. The lowest BCUT2D eigenvalue weighted by Crippen LogP contribution is -2.32. The van der Waals surface area contributed by atoms with Gasteiger partial charge in [0.1, 0.15) is 7.05 Å². The smallest absolute Gasteiger partial charge is 0.200 e. The Bertz CT molecular complexity index is 1480. The molecule has 0 aliphatic carbocycles. The summed E-state index contributed by atoms with van der Waals surface area (Å²) < 4.78 is 6.67. The predicted octanol–water partition coefficient (Wildman–Crippen LogP) is 7.46. The van der Waals surface area contributed by atoms with Crippen molar-refractivity contribution in [2.24, 2.45) is 7.05 Å². The van der Waals surface area contributed by atoms with E-state index in [-0.39, 0.29) is 0 Å². The lowest BCUT2D eigenvalue weighted by molar-refractivity contribution is -0.659. The van der Waals surface area contributed by atoms with E-state index < -0.39 is 0 Å². The van der Waals surface area contributed by atoms with Crippen LogP contribution in [-0.4, -0.2) is 0 Å². The Morgan fingerprint density at radius 1 is 0.857 bits per heavy atom. The molecule has 2 aromatic carbocycles. The van der Waals surface area contributed by atoms with Crippen molar-refractivity contribution in [1.29, 1.82) is 0 Å². The van der Waals surface area contributed by atoms with Gasteiger partial charge >= 0.3 is 0 Å². The Labute approximate surface area is 176 Å². The third-order valence-electron chi connectivity index (χ3n) is 6.13. The number of aromatic nitrogens is 1. The number of thiophene rings is 2. The molecule has 0 saturated carbocycles. The molecule has 138 valence electrons. The summed E-state index contributed by atoms with van der Waals surface area (Å²) >= 11 is 5.82. The molecular weight excluding hydrogens is 398 g/mol. The molecule has 0 atom stereocenters. The van der Waals surface area contributed by atoms with Gasteiger partial charge in [0, 0.05) is 36.0 Å². The SMILES string of the molecule is Cc1cc(C)c2c(c1C)-c1c3c(cc4c5scc(C)c5sc4c3cc[n+]1C)S2. The van der Waals surface area contributed by atoms with Gasteiger partial charge in [0.15, 0.2) is 6.20 Å². The van der Waals surface area contributed by atoms with Crippen LogP contribution < -0.4 is 4.57 Å². The molecule has 6 rings (SSSR count). The number of hydrogen-bond donors (Lipinski definition) is 0. The molecule has 1 nitrogen and oxygen atoms in total. The highest BCUT2D eigenvalue weighted by atomic mass is 32.2. The number of fused-ring (bicyclic) bond motifs is 6. The van der Waals surface area contributed by atoms with Gasteiger partial charge in [0.25, 0.3) is 0 Å². The second-order valence-electron chi connectivity index (χ2n) is 7.94. The molecule has 0 bridgehead atoms. The van der Waals surface area contributed by atoms with Crippen molar-refractivity contribution in [2.75, 3.05) is 0 Å². The van der Waals surface area contributed by atoms with Gasteiger partial charge < -0.3 is 0 Å². The fourth-order valence-electron chi connectivity index (χ4n) is 4.60. The number of pyridine rings is 1. The zero-order valence-electron chi connectivity index (χ0n) is 16.6. The number of hydrogen-bond acceptors (Lipinski definition) is 3. The van der Waals surface area contributed by atoms with E-state index >= 15 is 0 Å². The maximum absolute atomic E-state index is 2.46. The Kier molecular flexibility index (Phi) is 3.40. The molecule has 28 heavy (non-hydrogen) atoms. The van der Waals surface area contributed by atoms with Crippen LogP contribution in [0.1, 0.15) is 22.3 Å². The molecule has 1 aliphatic heterocycles. The van der Waals surface area contributed by atoms with Gasteiger partial charge in [-0.25, -0.2) is 4.57 Å². The molecule has 0 unspecified atom stereocenters. The van der Waals surface area contributed by atoms with Crippen LogP contribution in [0.2, 0.25) is 0 Å². The van der Waals surface area contributed by atoms with Crippen LogP contribution in [0.25, 0.3) is 41.5 Å². The minimum absolute atomic E-state index is 1.38. The highest BCUT2D eigenvalue weighted by Gasteiger charge is 2.31. The average Bonchev–Trinajstić information content (AvgIpc) is 3.21. The van der Waals surface area contributed by atoms with Gasteiger partial charge in [-0.15, -0.1) is 22.7 Å². The van der Waals surface area contributed by atoms with Crippen LogP contribution in [0.4, 0.5) is 0 Å². The molecule has 0 radical (unpaired) electrons. The number of aryl methyl sites for hydroxylation is 4. The molecule has 4 heterocycles. The van der Waals surface area contributed by atoms with Gasteiger partial charge in [-0.05, 0) is 61.4 Å². The first-order valence-electron chi connectivity index (χ1n) is 9.50. The molecule has 0 fully saturated rings. The maximum Gasteiger partial charge on any atom is 0.222 e. The third-order valence-corrected chi connectivity index (χ3v) is 10.0. The van der Waals surface area contributed by atoms with Crippen molar-refractivity contribution in [3.63, 3.8) is 0 Å². The molecular formula is C24H20NS3+. The number of nitrogens with zero attached hydrogens (tertiary/aromatic N) is 1. The fourth-order valence-corrected chi connectivity index (χ4v) is 8.43. The van der Waals surface area contributed by atoms with Crippen molar-refractivity contribution < 1.29 is 4.57 Å². The van der Waals surface area contributed by atoms with Crippen LogP contribution in [0.5, 0.6) is 0 Å². The number of benzene rings is 2. The van der Waals surface area contributed by atoms with Crippen LogP contribution in [-0.2, 0) is 7.05 Å². The van der Waals surface area contributed by atoms with E-state index in [1.54, 1.807) is 0 Å². The Balaban J connectivity index is 1.87. The van der Waals surface area contributed by atoms with Crippen molar-refractivity contribution in [2.45, 2.75) is 37.5 Å². The van der Waals surface area contributed by atoms with E-state index in [1.165, 1.54) is 73.6 Å². The molecule has 0 spiro atoms. The van der Waals surface area contributed by atoms with Crippen molar-refractivity contribution in [3.05, 3.63) is 52.0 Å². The Hall–Kier alpha value is -1.88. The summed E-state index contributed by atoms with van der Waals surface area (Å²) in [6, 6.07) is 7.12. The normalized spacial score (nSPS) is 13.0. The summed E-state index contributed by atoms with van der Waals surface area (Å²) in [6.45, 7) is 9.01. The zero-order chi connectivity index (χ0) is 19.3. The molecule has 0 N–H and O–H groups in total. The minimum atomic E-state index is 1.38. The van der Waals surface area contributed by atoms with Gasteiger partial charge in [0.2, 0.25) is 5.69 Å². The van der Waals surface area contributed by atoms with Crippen LogP contribution in [0.15, 0.2) is 39.6 Å². The summed E-state index contributed by atoms with van der Waals surface area (Å²) in [5, 5.41) is 6.56. The standard InChI is InChI=1S/C24H20NS3/c1-11-8-12(2)21-18(14(11)4)20-19-15(6-7-25(20)5)23-16(9-17(19)27-21)24-22(28-23)13(3)10-26-24/h6-10H,1-5H3/q+1. The largest absolute Gasteiger partial charge is 0.222 e. The molecule has 4 heteroatoms. The third kappa shape index (κ3) is 2.01. The summed E-state index contributed by atoms with van der Waals surface area (Å²) in [4.78, 5) is 2.82. The maximum atomic E-state index is 2.46. The monoisotopic (exact) mass is 418 g/mol. The first-order valence-corrected chi connectivity index (χ1v) is 12.0. The van der Waals surface area contributed by atoms with Crippen LogP contribution in [0, 0.1) is 27.7 Å². The zero-order valence-corrected chi connectivity index (χ0v) is 19.0. The van der Waals surface area contributed by atoms with Gasteiger partial charge in [0.05, 0.1) is 15.6 Å². The highest BCUT2D eigenvalue weighted by molar-refractivity contribution is 8.00. The van der Waals surface area contributed by atoms with Crippen LogP contribution >= 0.6 is 34.4 Å². The van der Waals surface area contributed by atoms with E-state index in [0.717, 1.165) is 0 Å². The molecule has 5 aromatic rings. The Morgan fingerprint density at radius 3 is 2.50 bits per heavy atom. The summed E-state index contributed by atoms with van der Waals surface area (Å²) in [6.07, 6.45) is 2.25. The van der Waals surface area contributed by atoms with E-state index in [1.807, 2.05) is 34.4 Å². The van der Waals surface area contributed by atoms with E-state index in [2.05, 4.69) is 69.1 Å². The highest BCUT2D eigenvalue weighted by Crippen LogP contribution is 2.53. The first kappa shape index (κ1) is 17.0. The second-order valence-corrected chi connectivity index (χ2v) is 10.9. The lowest BCUT2D eigenvalue weighted by atomic mass is 9.93. The van der Waals surface area contributed by atoms with E-state index in [9.17, 15) is 0 Å². The van der Waals surface area contributed by atoms with Gasteiger partial charge in [-0.3, -0.25) is 0 Å². The summed E-state index contributed by atoms with van der Waals surface area (Å²) in [5.41, 5.74) is 8.38.